The van der Waals surface area contributed by atoms with Gasteiger partial charge in [-0.2, -0.15) is 0 Å². The normalized spacial score (nSPS) is 10.8. The third kappa shape index (κ3) is 4.16. The lowest BCUT2D eigenvalue weighted by Gasteiger charge is -2.11. The van der Waals surface area contributed by atoms with Crippen LogP contribution in [0, 0.1) is 0 Å². The molecule has 0 amide bonds. The van der Waals surface area contributed by atoms with Crippen LogP contribution in [0.3, 0.4) is 0 Å². The van der Waals surface area contributed by atoms with Crippen molar-refractivity contribution in [2.45, 2.75) is 6.61 Å². The van der Waals surface area contributed by atoms with E-state index >= 15 is 0 Å². The summed E-state index contributed by atoms with van der Waals surface area (Å²) in [5.41, 5.74) is 3.88. The van der Waals surface area contributed by atoms with Gasteiger partial charge in [0.25, 0.3) is 0 Å². The van der Waals surface area contributed by atoms with Crippen molar-refractivity contribution >= 4 is 48.7 Å². The van der Waals surface area contributed by atoms with Gasteiger partial charge in [-0.3, -0.25) is 0 Å². The van der Waals surface area contributed by atoms with Crippen LogP contribution in [0.5, 0.6) is 0 Å². The van der Waals surface area contributed by atoms with Gasteiger partial charge < -0.3 is 4.74 Å². The molecule has 0 spiro atoms. The molecular weight excluding hydrogens is 482 g/mol. The molecule has 0 N–H and O–H groups in total. The molecule has 0 saturated carbocycles. The van der Waals surface area contributed by atoms with E-state index in [1.165, 1.54) is 0 Å². The molecule has 0 bridgehead atoms. The summed E-state index contributed by atoms with van der Waals surface area (Å²) < 4.78 is 7.47. The summed E-state index contributed by atoms with van der Waals surface area (Å²) >= 11 is 6.88. The molecule has 3 nitrogen and oxygen atoms in total. The van der Waals surface area contributed by atoms with E-state index in [0.29, 0.717) is 5.56 Å². The van der Waals surface area contributed by atoms with E-state index < -0.39 is 0 Å². The fraction of sp³-hybridized carbons (Fsp3) is 0.0435. The zero-order valence-electron chi connectivity index (χ0n) is 14.7. The molecule has 0 fully saturated rings. The van der Waals surface area contributed by atoms with Gasteiger partial charge in [0.05, 0.1) is 16.8 Å². The minimum absolute atomic E-state index is 0.213. The molecule has 28 heavy (non-hydrogen) atoms. The van der Waals surface area contributed by atoms with Crippen LogP contribution in [0.4, 0.5) is 0 Å². The van der Waals surface area contributed by atoms with Gasteiger partial charge in [-0.15, -0.1) is 0 Å². The smallest absolute Gasteiger partial charge is 0.339 e. The average molecular weight is 497 g/mol. The second-order valence-corrected chi connectivity index (χ2v) is 8.12. The standard InChI is InChI=1S/C23H15Br2NO2/c24-17-8-6-15(7-9-17)14-28-23(27)20-13-22(16-4-2-1-3-5-16)26-21-11-10-18(25)12-19(20)21/h1-13H,14H2. The molecular formula is C23H15Br2NO2. The van der Waals surface area contributed by atoms with Crippen LogP contribution in [-0.4, -0.2) is 11.0 Å². The van der Waals surface area contributed by atoms with E-state index in [1.54, 1.807) is 6.07 Å². The molecule has 3 aromatic carbocycles. The number of nitrogens with zero attached hydrogens (tertiary/aromatic N) is 1. The molecule has 0 saturated heterocycles. The van der Waals surface area contributed by atoms with Crippen LogP contribution in [0.1, 0.15) is 15.9 Å². The topological polar surface area (TPSA) is 39.2 Å². The molecule has 1 heterocycles. The Balaban J connectivity index is 1.72. The highest BCUT2D eigenvalue weighted by Gasteiger charge is 2.16. The number of ether oxygens (including phenoxy) is 1. The Hall–Kier alpha value is -2.50. The Kier molecular flexibility index (Phi) is 5.55. The van der Waals surface area contributed by atoms with Crippen LogP contribution in [-0.2, 0) is 11.3 Å². The molecule has 4 rings (SSSR count). The predicted octanol–water partition coefficient (Wildman–Crippen LogP) is 6.78. The van der Waals surface area contributed by atoms with Crippen molar-refractivity contribution in [2.75, 3.05) is 0 Å². The largest absolute Gasteiger partial charge is 0.457 e. The fourth-order valence-electron chi connectivity index (χ4n) is 2.93. The zero-order chi connectivity index (χ0) is 19.5. The number of carbonyl (C=O) groups excluding carboxylic acids is 1. The second-order valence-electron chi connectivity index (χ2n) is 6.29. The van der Waals surface area contributed by atoms with E-state index in [0.717, 1.165) is 36.7 Å². The maximum atomic E-state index is 12.9. The minimum Gasteiger partial charge on any atom is -0.457 e. The van der Waals surface area contributed by atoms with Crippen LogP contribution < -0.4 is 0 Å². The second kappa shape index (κ2) is 8.25. The summed E-state index contributed by atoms with van der Waals surface area (Å²) in [6.45, 7) is 0.213. The zero-order valence-corrected chi connectivity index (χ0v) is 17.9. The van der Waals surface area contributed by atoms with Crippen LogP contribution in [0.2, 0.25) is 0 Å². The maximum absolute atomic E-state index is 12.9. The van der Waals surface area contributed by atoms with Gasteiger partial charge in [0.1, 0.15) is 6.61 Å². The SMILES string of the molecule is O=C(OCc1ccc(Br)cc1)c1cc(-c2ccccc2)nc2ccc(Br)cc12. The number of carbonyl (C=O) groups is 1. The maximum Gasteiger partial charge on any atom is 0.339 e. The van der Waals surface area contributed by atoms with Crippen molar-refractivity contribution in [2.24, 2.45) is 0 Å². The van der Waals surface area contributed by atoms with E-state index in [1.807, 2.05) is 72.8 Å². The van der Waals surface area contributed by atoms with Crippen LogP contribution in [0.15, 0.2) is 87.8 Å². The molecule has 1 aromatic heterocycles. The van der Waals surface area contributed by atoms with Gasteiger partial charge >= 0.3 is 5.97 Å². The number of halogens is 2. The van der Waals surface area contributed by atoms with Gasteiger partial charge in [0, 0.05) is 19.9 Å². The van der Waals surface area contributed by atoms with Gasteiger partial charge in [0.15, 0.2) is 0 Å². The van der Waals surface area contributed by atoms with Crippen molar-refractivity contribution in [3.63, 3.8) is 0 Å². The number of benzene rings is 3. The van der Waals surface area contributed by atoms with E-state index in [-0.39, 0.29) is 12.6 Å². The average Bonchev–Trinajstić information content (AvgIpc) is 2.73. The Morgan fingerprint density at radius 1 is 0.857 bits per heavy atom. The van der Waals surface area contributed by atoms with Crippen molar-refractivity contribution in [1.82, 2.24) is 4.98 Å². The lowest BCUT2D eigenvalue weighted by molar-refractivity contribution is 0.0475. The number of pyridine rings is 1. The lowest BCUT2D eigenvalue weighted by atomic mass is 10.0. The molecule has 0 aliphatic carbocycles. The molecule has 0 unspecified atom stereocenters. The quantitative estimate of drug-likeness (QED) is 0.292. The molecule has 0 aliphatic rings. The third-order valence-corrected chi connectivity index (χ3v) is 5.37. The third-order valence-electron chi connectivity index (χ3n) is 4.34. The van der Waals surface area contributed by atoms with Crippen molar-refractivity contribution in [3.05, 3.63) is 98.9 Å². The van der Waals surface area contributed by atoms with Crippen molar-refractivity contribution < 1.29 is 9.53 Å². The fourth-order valence-corrected chi connectivity index (χ4v) is 3.56. The van der Waals surface area contributed by atoms with Crippen LogP contribution >= 0.6 is 31.9 Å². The van der Waals surface area contributed by atoms with Gasteiger partial charge in [0.2, 0.25) is 0 Å². The molecule has 0 aliphatic heterocycles. The number of hydrogen-bond acceptors (Lipinski definition) is 3. The van der Waals surface area contributed by atoms with E-state index in [2.05, 4.69) is 31.9 Å². The van der Waals surface area contributed by atoms with Crippen molar-refractivity contribution in [1.29, 1.82) is 0 Å². The Morgan fingerprint density at radius 3 is 2.32 bits per heavy atom. The first kappa shape index (κ1) is 18.8. The van der Waals surface area contributed by atoms with Gasteiger partial charge in [-0.1, -0.05) is 74.3 Å². The molecule has 0 radical (unpaired) electrons. The summed E-state index contributed by atoms with van der Waals surface area (Å²) in [5, 5.41) is 0.759. The number of rotatable bonds is 4. The summed E-state index contributed by atoms with van der Waals surface area (Å²) in [6, 6.07) is 25.0. The number of fused-ring (bicyclic) bond motifs is 1. The molecule has 0 atom stereocenters. The van der Waals surface area contributed by atoms with Crippen LogP contribution in [0.25, 0.3) is 22.2 Å². The Bertz CT molecular complexity index is 1140. The van der Waals surface area contributed by atoms with Crippen molar-refractivity contribution in [3.8, 4) is 11.3 Å². The highest BCUT2D eigenvalue weighted by molar-refractivity contribution is 9.10. The Morgan fingerprint density at radius 2 is 1.57 bits per heavy atom. The lowest BCUT2D eigenvalue weighted by Crippen LogP contribution is -2.07. The van der Waals surface area contributed by atoms with Gasteiger partial charge in [-0.25, -0.2) is 9.78 Å². The summed E-state index contributed by atoms with van der Waals surface area (Å²) in [4.78, 5) is 17.6. The number of aromatic nitrogens is 1. The summed E-state index contributed by atoms with van der Waals surface area (Å²) in [6.07, 6.45) is 0. The summed E-state index contributed by atoms with van der Waals surface area (Å²) in [5.74, 6) is -0.370. The monoisotopic (exact) mass is 495 g/mol. The summed E-state index contributed by atoms with van der Waals surface area (Å²) in [7, 11) is 0. The molecule has 4 aromatic rings. The van der Waals surface area contributed by atoms with E-state index in [9.17, 15) is 4.79 Å². The first-order valence-electron chi connectivity index (χ1n) is 8.67. The number of hydrogen-bond donors (Lipinski definition) is 0. The minimum atomic E-state index is -0.370. The van der Waals surface area contributed by atoms with E-state index in [4.69, 9.17) is 9.72 Å². The highest BCUT2D eigenvalue weighted by atomic mass is 79.9. The predicted molar refractivity (Wildman–Crippen MR) is 118 cm³/mol. The molecule has 5 heteroatoms. The Labute approximate surface area is 179 Å². The first-order valence-corrected chi connectivity index (χ1v) is 10.3. The highest BCUT2D eigenvalue weighted by Crippen LogP contribution is 2.28. The van der Waals surface area contributed by atoms with Gasteiger partial charge in [-0.05, 0) is 42.0 Å². The molecule has 138 valence electrons. The first-order chi connectivity index (χ1) is 13.6. The number of esters is 1.